The Hall–Kier alpha value is -3.29. The summed E-state index contributed by atoms with van der Waals surface area (Å²) in [5, 5.41) is 14.0. The molecule has 0 atom stereocenters. The third-order valence-electron chi connectivity index (χ3n) is 3.72. The van der Waals surface area contributed by atoms with Gasteiger partial charge >= 0.3 is 0 Å². The molecule has 0 aliphatic heterocycles. The highest BCUT2D eigenvalue weighted by Gasteiger charge is 2.08. The van der Waals surface area contributed by atoms with Crippen LogP contribution in [0, 0.1) is 0 Å². The number of nitrogens with zero attached hydrogens (tertiary/aromatic N) is 5. The predicted octanol–water partition coefficient (Wildman–Crippen LogP) is 2.55. The van der Waals surface area contributed by atoms with Crippen molar-refractivity contribution in [1.82, 2.24) is 30.3 Å². The Balaban J connectivity index is 1.73. The molecule has 0 aliphatic carbocycles. The molecule has 1 aromatic carbocycles. The van der Waals surface area contributed by atoms with Crippen LogP contribution in [0.15, 0.2) is 42.7 Å². The number of aromatic nitrogens is 5. The summed E-state index contributed by atoms with van der Waals surface area (Å²) < 4.78 is 1.62. The van der Waals surface area contributed by atoms with Gasteiger partial charge in [0.25, 0.3) is 5.91 Å². The number of aryl methyl sites for hydroxylation is 1. The number of unbranched alkanes of at least 4 members (excludes halogenated alkanes) is 1. The van der Waals surface area contributed by atoms with Crippen molar-refractivity contribution in [2.45, 2.75) is 19.8 Å². The number of carbonyl (C=O) groups is 1. The van der Waals surface area contributed by atoms with Crippen LogP contribution >= 0.6 is 0 Å². The Morgan fingerprint density at radius 3 is 2.88 bits per heavy atom. The molecule has 3 rings (SSSR count). The van der Waals surface area contributed by atoms with Gasteiger partial charge in [0.05, 0.1) is 11.9 Å². The normalized spacial score (nSPS) is 10.5. The monoisotopic (exact) mass is 351 g/mol. The van der Waals surface area contributed by atoms with E-state index in [2.05, 4.69) is 37.8 Å². The minimum atomic E-state index is -0.0867. The molecule has 0 aliphatic rings. The average molecular weight is 351 g/mol. The molecular weight excluding hydrogens is 330 g/mol. The summed E-state index contributed by atoms with van der Waals surface area (Å²) in [4.78, 5) is 20.9. The van der Waals surface area contributed by atoms with Crippen LogP contribution in [0.5, 0.6) is 0 Å². The van der Waals surface area contributed by atoms with Crippen molar-refractivity contribution < 1.29 is 4.79 Å². The van der Waals surface area contributed by atoms with Gasteiger partial charge in [0, 0.05) is 31.0 Å². The first-order chi connectivity index (χ1) is 12.7. The van der Waals surface area contributed by atoms with E-state index in [1.54, 1.807) is 42.3 Å². The van der Waals surface area contributed by atoms with Gasteiger partial charge in [-0.1, -0.05) is 24.6 Å². The Bertz CT molecular complexity index is 891. The number of anilines is 2. The first kappa shape index (κ1) is 17.5. The molecule has 0 saturated carbocycles. The number of hydrogen-bond acceptors (Lipinski definition) is 6. The lowest BCUT2D eigenvalue weighted by atomic mass is 10.2. The fourth-order valence-corrected chi connectivity index (χ4v) is 2.37. The zero-order valence-electron chi connectivity index (χ0n) is 14.8. The maximum atomic E-state index is 12.2. The molecule has 8 nitrogen and oxygen atoms in total. The maximum absolute atomic E-state index is 12.2. The minimum Gasteiger partial charge on any atom is -0.352 e. The molecule has 0 saturated heterocycles. The Kier molecular flexibility index (Phi) is 5.52. The molecule has 0 spiro atoms. The largest absolute Gasteiger partial charge is 0.352 e. The van der Waals surface area contributed by atoms with E-state index in [9.17, 15) is 4.79 Å². The number of rotatable bonds is 7. The molecule has 0 fully saturated rings. The van der Waals surface area contributed by atoms with Crippen molar-refractivity contribution in [3.8, 4) is 11.4 Å². The molecular formula is C18H21N7O. The number of nitrogens with one attached hydrogen (secondary N) is 2. The van der Waals surface area contributed by atoms with E-state index in [0.717, 1.165) is 18.5 Å². The van der Waals surface area contributed by atoms with E-state index >= 15 is 0 Å². The Labute approximate surface area is 151 Å². The molecule has 8 heteroatoms. The van der Waals surface area contributed by atoms with Gasteiger partial charge in [0.15, 0.2) is 0 Å². The van der Waals surface area contributed by atoms with Gasteiger partial charge in [-0.05, 0) is 30.7 Å². The highest BCUT2D eigenvalue weighted by atomic mass is 16.1. The molecule has 26 heavy (non-hydrogen) atoms. The predicted molar refractivity (Wildman–Crippen MR) is 99.0 cm³/mol. The minimum absolute atomic E-state index is 0.0867. The molecule has 0 unspecified atom stereocenters. The number of carbonyl (C=O) groups excluding carboxylic acids is 1. The number of amides is 1. The van der Waals surface area contributed by atoms with E-state index in [0.29, 0.717) is 29.4 Å². The molecule has 0 bridgehead atoms. The fourth-order valence-electron chi connectivity index (χ4n) is 2.37. The first-order valence-electron chi connectivity index (χ1n) is 8.50. The third kappa shape index (κ3) is 4.41. The zero-order chi connectivity index (χ0) is 18.4. The van der Waals surface area contributed by atoms with Crippen LogP contribution in [-0.4, -0.2) is 37.4 Å². The Morgan fingerprint density at radius 1 is 1.23 bits per heavy atom. The van der Waals surface area contributed by atoms with Crippen molar-refractivity contribution in [2.75, 3.05) is 11.9 Å². The second kappa shape index (κ2) is 8.19. The molecule has 0 radical (unpaired) electrons. The van der Waals surface area contributed by atoms with Crippen LogP contribution in [0.4, 0.5) is 11.6 Å². The van der Waals surface area contributed by atoms with E-state index in [4.69, 9.17) is 0 Å². The van der Waals surface area contributed by atoms with Crippen molar-refractivity contribution in [3.05, 3.63) is 48.3 Å². The van der Waals surface area contributed by atoms with E-state index in [1.165, 1.54) is 0 Å². The molecule has 2 aromatic heterocycles. The van der Waals surface area contributed by atoms with Crippen molar-refractivity contribution in [2.24, 2.45) is 7.05 Å². The summed E-state index contributed by atoms with van der Waals surface area (Å²) in [6, 6.07) is 9.01. The quantitative estimate of drug-likeness (QED) is 0.635. The summed E-state index contributed by atoms with van der Waals surface area (Å²) in [7, 11) is 1.80. The van der Waals surface area contributed by atoms with Gasteiger partial charge in [-0.2, -0.15) is 0 Å². The first-order valence-corrected chi connectivity index (χ1v) is 8.50. The van der Waals surface area contributed by atoms with Crippen molar-refractivity contribution in [1.29, 1.82) is 0 Å². The van der Waals surface area contributed by atoms with Crippen LogP contribution in [0.1, 0.15) is 30.1 Å². The van der Waals surface area contributed by atoms with Gasteiger partial charge in [-0.15, -0.1) is 5.10 Å². The van der Waals surface area contributed by atoms with Crippen molar-refractivity contribution >= 4 is 17.5 Å². The lowest BCUT2D eigenvalue weighted by Gasteiger charge is -2.08. The molecule has 2 N–H and O–H groups in total. The topological polar surface area (TPSA) is 97.6 Å². The summed E-state index contributed by atoms with van der Waals surface area (Å²) in [6.45, 7) is 2.77. The van der Waals surface area contributed by atoms with Gasteiger partial charge in [-0.3, -0.25) is 9.48 Å². The molecule has 3 aromatic rings. The van der Waals surface area contributed by atoms with Gasteiger partial charge in [0.1, 0.15) is 5.69 Å². The van der Waals surface area contributed by atoms with Crippen LogP contribution < -0.4 is 10.6 Å². The van der Waals surface area contributed by atoms with E-state index in [-0.39, 0.29) is 5.91 Å². The highest BCUT2D eigenvalue weighted by molar-refractivity contribution is 5.95. The summed E-state index contributed by atoms with van der Waals surface area (Å²) >= 11 is 0. The standard InChI is InChI=1S/C18H21N7O/c1-3-4-9-19-17(26)13-6-5-7-14(11-13)21-18-20-10-8-15(22-18)16-12-25(2)24-23-16/h5-8,10-12H,3-4,9H2,1-2H3,(H,19,26)(H,20,21,22). The van der Waals surface area contributed by atoms with Gasteiger partial charge in [-0.25, -0.2) is 9.97 Å². The van der Waals surface area contributed by atoms with Crippen LogP contribution in [0.3, 0.4) is 0 Å². The SMILES string of the molecule is CCCCNC(=O)c1cccc(Nc2nccc(-c3cn(C)nn3)n2)c1. The lowest BCUT2D eigenvalue weighted by molar-refractivity contribution is 0.0953. The second-order valence-corrected chi connectivity index (χ2v) is 5.86. The fraction of sp³-hybridized carbons (Fsp3) is 0.278. The summed E-state index contributed by atoms with van der Waals surface area (Å²) in [5.74, 6) is 0.341. The number of benzene rings is 1. The molecule has 2 heterocycles. The maximum Gasteiger partial charge on any atom is 0.251 e. The summed E-state index contributed by atoms with van der Waals surface area (Å²) in [6.07, 6.45) is 5.45. The van der Waals surface area contributed by atoms with Crippen molar-refractivity contribution in [3.63, 3.8) is 0 Å². The smallest absolute Gasteiger partial charge is 0.251 e. The van der Waals surface area contributed by atoms with Gasteiger partial charge in [0.2, 0.25) is 5.95 Å². The molecule has 134 valence electrons. The van der Waals surface area contributed by atoms with E-state index in [1.807, 2.05) is 12.1 Å². The van der Waals surface area contributed by atoms with E-state index < -0.39 is 0 Å². The second-order valence-electron chi connectivity index (χ2n) is 5.86. The van der Waals surface area contributed by atoms with Crippen LogP contribution in [0.25, 0.3) is 11.4 Å². The number of hydrogen-bond donors (Lipinski definition) is 2. The molecule has 1 amide bonds. The summed E-state index contributed by atoms with van der Waals surface area (Å²) in [5.41, 5.74) is 2.67. The van der Waals surface area contributed by atoms with Crippen LogP contribution in [0.2, 0.25) is 0 Å². The lowest BCUT2D eigenvalue weighted by Crippen LogP contribution is -2.24. The highest BCUT2D eigenvalue weighted by Crippen LogP contribution is 2.18. The van der Waals surface area contributed by atoms with Gasteiger partial charge < -0.3 is 10.6 Å². The van der Waals surface area contributed by atoms with Crippen LogP contribution in [-0.2, 0) is 7.05 Å². The zero-order valence-corrected chi connectivity index (χ0v) is 14.8. The third-order valence-corrected chi connectivity index (χ3v) is 3.72. The average Bonchev–Trinajstić information content (AvgIpc) is 3.09. The Morgan fingerprint density at radius 2 is 2.12 bits per heavy atom.